The van der Waals surface area contributed by atoms with E-state index >= 15 is 0 Å². The van der Waals surface area contributed by atoms with Crippen LogP contribution in [0, 0.1) is 5.92 Å². The highest BCUT2D eigenvalue weighted by Gasteiger charge is 2.45. The van der Waals surface area contributed by atoms with E-state index in [1.807, 2.05) is 91.0 Å². The van der Waals surface area contributed by atoms with Crippen LogP contribution in [0.4, 0.5) is 0 Å². The van der Waals surface area contributed by atoms with E-state index in [9.17, 15) is 4.79 Å². The van der Waals surface area contributed by atoms with Crippen LogP contribution in [0.3, 0.4) is 0 Å². The number of amides is 1. The molecule has 2 aliphatic rings. The summed E-state index contributed by atoms with van der Waals surface area (Å²) in [6.07, 6.45) is 8.20. The standard InChI is InChI=1S/C32H25N3O3/c36-32(26-20-28(21-9-2-1-3-10-21)33-27-15-5-4-13-24(26)27)35-31(29-16-8-18-38-29)25-14-6-11-22(30(25)34-35)19-23-12-7-17-37-23/h1-5,7-10,12-13,15-20,25,31H,6,11,14H2. The molecule has 1 amide bonds. The molecular weight excluding hydrogens is 474 g/mol. The van der Waals surface area contributed by atoms with Crippen LogP contribution in [0.5, 0.6) is 0 Å². The van der Waals surface area contributed by atoms with E-state index in [2.05, 4.69) is 0 Å². The first-order valence-corrected chi connectivity index (χ1v) is 12.9. The van der Waals surface area contributed by atoms with Gasteiger partial charge in [0.1, 0.15) is 17.6 Å². The third kappa shape index (κ3) is 3.86. The molecule has 0 radical (unpaired) electrons. The number of hydrazone groups is 1. The van der Waals surface area contributed by atoms with Gasteiger partial charge < -0.3 is 8.83 Å². The highest BCUT2D eigenvalue weighted by molar-refractivity contribution is 6.11. The van der Waals surface area contributed by atoms with Gasteiger partial charge in [-0.15, -0.1) is 0 Å². The molecule has 6 heteroatoms. The zero-order valence-corrected chi connectivity index (χ0v) is 20.7. The van der Waals surface area contributed by atoms with Gasteiger partial charge >= 0.3 is 0 Å². The topological polar surface area (TPSA) is 71.8 Å². The van der Waals surface area contributed by atoms with Crippen LogP contribution in [-0.2, 0) is 0 Å². The minimum atomic E-state index is -0.320. The van der Waals surface area contributed by atoms with E-state index in [4.69, 9.17) is 18.9 Å². The lowest BCUT2D eigenvalue weighted by Crippen LogP contribution is -2.31. The Morgan fingerprint density at radius 3 is 2.55 bits per heavy atom. The number of carbonyl (C=O) groups is 1. The van der Waals surface area contributed by atoms with Crippen molar-refractivity contribution in [2.24, 2.45) is 11.0 Å². The average molecular weight is 500 g/mol. The molecule has 2 unspecified atom stereocenters. The molecule has 1 aliphatic heterocycles. The summed E-state index contributed by atoms with van der Waals surface area (Å²) in [5.41, 5.74) is 5.10. The van der Waals surface area contributed by atoms with Crippen molar-refractivity contribution in [2.45, 2.75) is 25.3 Å². The van der Waals surface area contributed by atoms with Crippen LogP contribution in [0.1, 0.15) is 47.2 Å². The molecule has 0 spiro atoms. The zero-order chi connectivity index (χ0) is 25.5. The summed E-state index contributed by atoms with van der Waals surface area (Å²) in [5.74, 6) is 1.40. The second-order valence-corrected chi connectivity index (χ2v) is 9.72. The Bertz CT molecular complexity index is 1670. The van der Waals surface area contributed by atoms with Crippen molar-refractivity contribution >= 4 is 28.6 Å². The molecule has 7 rings (SSSR count). The summed E-state index contributed by atoms with van der Waals surface area (Å²) >= 11 is 0. The molecule has 38 heavy (non-hydrogen) atoms. The van der Waals surface area contributed by atoms with E-state index in [0.717, 1.165) is 64.2 Å². The summed E-state index contributed by atoms with van der Waals surface area (Å²) in [6, 6.07) is 26.9. The van der Waals surface area contributed by atoms with Gasteiger partial charge in [-0.25, -0.2) is 9.99 Å². The van der Waals surface area contributed by atoms with Crippen molar-refractivity contribution < 1.29 is 13.6 Å². The molecule has 2 aromatic carbocycles. The Labute approximate surface area is 219 Å². The number of aromatic nitrogens is 1. The van der Waals surface area contributed by atoms with Crippen molar-refractivity contribution in [1.82, 2.24) is 9.99 Å². The predicted molar refractivity (Wildman–Crippen MR) is 146 cm³/mol. The number of fused-ring (bicyclic) bond motifs is 2. The number of benzene rings is 2. The normalized spacial score (nSPS) is 20.1. The van der Waals surface area contributed by atoms with E-state index < -0.39 is 0 Å². The second-order valence-electron chi connectivity index (χ2n) is 9.72. The van der Waals surface area contributed by atoms with Gasteiger partial charge in [0.2, 0.25) is 0 Å². The minimum absolute atomic E-state index is 0.0433. The van der Waals surface area contributed by atoms with E-state index in [1.54, 1.807) is 17.5 Å². The van der Waals surface area contributed by atoms with Crippen molar-refractivity contribution in [3.05, 3.63) is 120 Å². The summed E-state index contributed by atoms with van der Waals surface area (Å²) < 4.78 is 11.5. The predicted octanol–water partition coefficient (Wildman–Crippen LogP) is 7.52. The number of carbonyl (C=O) groups excluding carboxylic acids is 1. The summed E-state index contributed by atoms with van der Waals surface area (Å²) in [4.78, 5) is 19.3. The largest absolute Gasteiger partial charge is 0.467 e. The highest BCUT2D eigenvalue weighted by atomic mass is 16.3. The van der Waals surface area contributed by atoms with Gasteiger partial charge in [-0.2, -0.15) is 5.10 Å². The minimum Gasteiger partial charge on any atom is -0.467 e. The van der Waals surface area contributed by atoms with Crippen LogP contribution >= 0.6 is 0 Å². The Kier molecular flexibility index (Phi) is 5.51. The molecule has 0 bridgehead atoms. The fourth-order valence-corrected chi connectivity index (χ4v) is 5.68. The number of allylic oxidation sites excluding steroid dienone is 1. The maximum atomic E-state index is 14.4. The lowest BCUT2D eigenvalue weighted by molar-refractivity contribution is 0.0658. The van der Waals surface area contributed by atoms with Gasteiger partial charge in [-0.3, -0.25) is 4.79 Å². The first-order chi connectivity index (χ1) is 18.8. The number of furan rings is 2. The molecule has 6 nitrogen and oxygen atoms in total. The van der Waals surface area contributed by atoms with Gasteiger partial charge in [-0.1, -0.05) is 48.5 Å². The van der Waals surface area contributed by atoms with Crippen LogP contribution in [0.25, 0.3) is 28.2 Å². The smallest absolute Gasteiger partial charge is 0.275 e. The molecule has 1 fully saturated rings. The third-order valence-electron chi connectivity index (χ3n) is 7.42. The molecule has 1 aliphatic carbocycles. The summed E-state index contributed by atoms with van der Waals surface area (Å²) in [6.45, 7) is 0. The molecule has 3 aromatic heterocycles. The fourth-order valence-electron chi connectivity index (χ4n) is 5.68. The quantitative estimate of drug-likeness (QED) is 0.256. The SMILES string of the molecule is O=C(c1cc(-c2ccccc2)nc2ccccc12)N1N=C2C(=Cc3ccco3)CCCC2C1c1ccco1. The third-order valence-corrected chi connectivity index (χ3v) is 7.42. The monoisotopic (exact) mass is 499 g/mol. The van der Waals surface area contributed by atoms with Gasteiger partial charge in [0.15, 0.2) is 0 Å². The molecule has 1 saturated carbocycles. The number of rotatable bonds is 4. The number of hydrogen-bond donors (Lipinski definition) is 0. The van der Waals surface area contributed by atoms with Gasteiger partial charge in [-0.05, 0) is 67.3 Å². The summed E-state index contributed by atoms with van der Waals surface area (Å²) in [7, 11) is 0. The highest BCUT2D eigenvalue weighted by Crippen LogP contribution is 2.45. The van der Waals surface area contributed by atoms with Crippen LogP contribution in [0.15, 0.2) is 117 Å². The molecule has 2 atom stereocenters. The van der Waals surface area contributed by atoms with Gasteiger partial charge in [0.25, 0.3) is 5.91 Å². The van der Waals surface area contributed by atoms with Crippen molar-refractivity contribution in [3.8, 4) is 11.3 Å². The zero-order valence-electron chi connectivity index (χ0n) is 20.7. The Balaban J connectivity index is 1.37. The molecule has 0 saturated heterocycles. The molecular formula is C32H25N3O3. The molecule has 4 heterocycles. The van der Waals surface area contributed by atoms with Crippen molar-refractivity contribution in [2.75, 3.05) is 0 Å². The number of pyridine rings is 1. The maximum Gasteiger partial charge on any atom is 0.275 e. The van der Waals surface area contributed by atoms with Crippen LogP contribution in [0.2, 0.25) is 0 Å². The van der Waals surface area contributed by atoms with E-state index in [-0.39, 0.29) is 17.9 Å². The first kappa shape index (κ1) is 22.5. The molecule has 186 valence electrons. The second kappa shape index (κ2) is 9.30. The number of para-hydroxylation sites is 1. The molecule has 5 aromatic rings. The van der Waals surface area contributed by atoms with Crippen LogP contribution < -0.4 is 0 Å². The summed E-state index contributed by atoms with van der Waals surface area (Å²) in [5, 5.41) is 7.44. The first-order valence-electron chi connectivity index (χ1n) is 12.9. The van der Waals surface area contributed by atoms with Crippen LogP contribution in [-0.4, -0.2) is 21.6 Å². The number of nitrogens with zero attached hydrogens (tertiary/aromatic N) is 3. The Morgan fingerprint density at radius 2 is 1.74 bits per heavy atom. The maximum absolute atomic E-state index is 14.4. The lowest BCUT2D eigenvalue weighted by Gasteiger charge is -2.28. The van der Waals surface area contributed by atoms with E-state index in [1.165, 1.54) is 0 Å². The van der Waals surface area contributed by atoms with Crippen molar-refractivity contribution in [3.63, 3.8) is 0 Å². The lowest BCUT2D eigenvalue weighted by atomic mass is 9.79. The van der Waals surface area contributed by atoms with Gasteiger partial charge in [0.05, 0.1) is 35.0 Å². The number of hydrogen-bond acceptors (Lipinski definition) is 5. The fraction of sp³-hybridized carbons (Fsp3) is 0.156. The van der Waals surface area contributed by atoms with Gasteiger partial charge in [0, 0.05) is 16.9 Å². The Hall–Kier alpha value is -4.71. The molecule has 0 N–H and O–H groups in total. The average Bonchev–Trinajstić information content (AvgIpc) is 3.74. The van der Waals surface area contributed by atoms with Crippen molar-refractivity contribution in [1.29, 1.82) is 0 Å². The Morgan fingerprint density at radius 1 is 0.921 bits per heavy atom. The van der Waals surface area contributed by atoms with E-state index in [0.29, 0.717) is 5.56 Å².